The van der Waals surface area contributed by atoms with Crippen LogP contribution in [0, 0.1) is 6.92 Å². The molecule has 0 aliphatic carbocycles. The van der Waals surface area contributed by atoms with E-state index in [0.717, 1.165) is 10.9 Å². The van der Waals surface area contributed by atoms with Crippen molar-refractivity contribution in [2.24, 2.45) is 0 Å². The van der Waals surface area contributed by atoms with Crippen molar-refractivity contribution in [2.75, 3.05) is 10.6 Å². The lowest BCUT2D eigenvalue weighted by molar-refractivity contribution is 0.0998. The van der Waals surface area contributed by atoms with Gasteiger partial charge in [0.05, 0.1) is 0 Å². The number of hydrogen-bond donors (Lipinski definition) is 3. The zero-order valence-electron chi connectivity index (χ0n) is 14.9. The van der Waals surface area contributed by atoms with Gasteiger partial charge in [-0.3, -0.25) is 4.79 Å². The summed E-state index contributed by atoms with van der Waals surface area (Å²) in [6.45, 7) is 5.64. The molecule has 1 heterocycles. The van der Waals surface area contributed by atoms with Crippen molar-refractivity contribution in [3.8, 4) is 0 Å². The molecule has 0 radical (unpaired) electrons. The second-order valence-corrected chi connectivity index (χ2v) is 6.34. The molecule has 0 atom stereocenters. The maximum absolute atomic E-state index is 12.5. The van der Waals surface area contributed by atoms with Gasteiger partial charge in [0.2, 0.25) is 0 Å². The molecule has 3 N–H and O–H groups in total. The Bertz CT molecular complexity index is 943. The topological polar surface area (TPSA) is 83.4 Å². The average molecular weight is 351 g/mol. The number of para-hydroxylation sites is 1. The van der Waals surface area contributed by atoms with Crippen LogP contribution in [0.3, 0.4) is 0 Å². The molecule has 3 aromatic rings. The van der Waals surface area contributed by atoms with E-state index in [1.54, 1.807) is 24.3 Å². The van der Waals surface area contributed by atoms with Gasteiger partial charge < -0.3 is 20.4 Å². The molecular formula is C20H21N3O3. The summed E-state index contributed by atoms with van der Waals surface area (Å²) in [5.41, 5.74) is 2.75. The SMILES string of the molecule is Cc1c(C(=O)Nc2ccc(NC(=O)NC(C)C)cc2)oc2ccccc12. The largest absolute Gasteiger partial charge is 0.451 e. The third-order valence-corrected chi connectivity index (χ3v) is 3.87. The van der Waals surface area contributed by atoms with Crippen LogP contribution in [0.25, 0.3) is 11.0 Å². The normalized spacial score (nSPS) is 10.8. The first kappa shape index (κ1) is 17.5. The number of nitrogens with one attached hydrogen (secondary N) is 3. The molecule has 0 aliphatic rings. The first-order valence-corrected chi connectivity index (χ1v) is 8.41. The monoisotopic (exact) mass is 351 g/mol. The van der Waals surface area contributed by atoms with E-state index in [4.69, 9.17) is 4.42 Å². The maximum Gasteiger partial charge on any atom is 0.319 e. The molecule has 3 rings (SSSR count). The number of carbonyl (C=O) groups is 2. The summed E-state index contributed by atoms with van der Waals surface area (Å²) in [5, 5.41) is 9.21. The Hall–Kier alpha value is -3.28. The Morgan fingerprint density at radius 2 is 1.54 bits per heavy atom. The molecule has 3 amide bonds. The second kappa shape index (κ2) is 7.31. The van der Waals surface area contributed by atoms with E-state index < -0.39 is 0 Å². The highest BCUT2D eigenvalue weighted by atomic mass is 16.3. The molecule has 134 valence electrons. The van der Waals surface area contributed by atoms with Crippen LogP contribution in [-0.2, 0) is 0 Å². The highest BCUT2D eigenvalue weighted by Gasteiger charge is 2.17. The Morgan fingerprint density at radius 3 is 2.15 bits per heavy atom. The number of rotatable bonds is 4. The van der Waals surface area contributed by atoms with Gasteiger partial charge in [-0.05, 0) is 51.1 Å². The minimum Gasteiger partial charge on any atom is -0.451 e. The summed E-state index contributed by atoms with van der Waals surface area (Å²) in [7, 11) is 0. The molecule has 2 aromatic carbocycles. The summed E-state index contributed by atoms with van der Waals surface area (Å²) in [5.74, 6) is -0.0123. The molecule has 0 unspecified atom stereocenters. The van der Waals surface area contributed by atoms with Gasteiger partial charge >= 0.3 is 6.03 Å². The van der Waals surface area contributed by atoms with E-state index in [1.165, 1.54) is 0 Å². The Morgan fingerprint density at radius 1 is 0.923 bits per heavy atom. The van der Waals surface area contributed by atoms with E-state index in [9.17, 15) is 9.59 Å². The first-order valence-electron chi connectivity index (χ1n) is 8.41. The zero-order valence-corrected chi connectivity index (χ0v) is 14.9. The fraction of sp³-hybridized carbons (Fsp3) is 0.200. The molecule has 0 bridgehead atoms. The van der Waals surface area contributed by atoms with Gasteiger partial charge in [0.15, 0.2) is 5.76 Å². The zero-order chi connectivity index (χ0) is 18.7. The molecule has 6 nitrogen and oxygen atoms in total. The smallest absolute Gasteiger partial charge is 0.319 e. The van der Waals surface area contributed by atoms with Gasteiger partial charge in [-0.2, -0.15) is 0 Å². The lowest BCUT2D eigenvalue weighted by Crippen LogP contribution is -2.34. The summed E-state index contributed by atoms with van der Waals surface area (Å²) < 4.78 is 5.67. The summed E-state index contributed by atoms with van der Waals surface area (Å²) in [6, 6.07) is 14.2. The molecule has 0 saturated carbocycles. The van der Waals surface area contributed by atoms with Crippen LogP contribution in [0.1, 0.15) is 30.0 Å². The Kier molecular flexibility index (Phi) is 4.93. The van der Waals surface area contributed by atoms with E-state index in [-0.39, 0.29) is 18.0 Å². The van der Waals surface area contributed by atoms with Crippen molar-refractivity contribution in [3.63, 3.8) is 0 Å². The number of aryl methyl sites for hydroxylation is 1. The van der Waals surface area contributed by atoms with Gasteiger partial charge in [-0.1, -0.05) is 18.2 Å². The van der Waals surface area contributed by atoms with E-state index >= 15 is 0 Å². The number of benzene rings is 2. The van der Waals surface area contributed by atoms with Crippen molar-refractivity contribution >= 4 is 34.3 Å². The molecule has 1 aromatic heterocycles. The fourth-order valence-corrected chi connectivity index (χ4v) is 2.65. The quantitative estimate of drug-likeness (QED) is 0.646. The minimum atomic E-state index is -0.308. The number of hydrogen-bond acceptors (Lipinski definition) is 3. The number of furan rings is 1. The Balaban J connectivity index is 1.69. The predicted octanol–water partition coefficient (Wildman–Crippen LogP) is 4.52. The van der Waals surface area contributed by atoms with Crippen LogP contribution >= 0.6 is 0 Å². The van der Waals surface area contributed by atoms with Crippen molar-refractivity contribution < 1.29 is 14.0 Å². The van der Waals surface area contributed by atoms with Crippen molar-refractivity contribution in [1.29, 1.82) is 0 Å². The third kappa shape index (κ3) is 3.85. The Labute approximate surface area is 151 Å². The second-order valence-electron chi connectivity index (χ2n) is 6.34. The average Bonchev–Trinajstić information content (AvgIpc) is 2.93. The van der Waals surface area contributed by atoms with Crippen LogP contribution in [0.5, 0.6) is 0 Å². The predicted molar refractivity (Wildman–Crippen MR) is 103 cm³/mol. The van der Waals surface area contributed by atoms with Crippen LogP contribution in [-0.4, -0.2) is 18.0 Å². The number of urea groups is 1. The standard InChI is InChI=1S/C20H21N3O3/c1-12(2)21-20(25)23-15-10-8-14(9-11-15)22-19(24)18-13(3)16-6-4-5-7-17(16)26-18/h4-12H,1-3H3,(H,22,24)(H2,21,23,25). The van der Waals surface area contributed by atoms with Crippen LogP contribution in [0.15, 0.2) is 52.9 Å². The van der Waals surface area contributed by atoms with E-state index in [0.29, 0.717) is 22.7 Å². The van der Waals surface area contributed by atoms with Crippen LogP contribution < -0.4 is 16.0 Å². The lowest BCUT2D eigenvalue weighted by Gasteiger charge is -2.10. The number of fused-ring (bicyclic) bond motifs is 1. The number of anilines is 2. The fourth-order valence-electron chi connectivity index (χ4n) is 2.65. The van der Waals surface area contributed by atoms with Crippen molar-refractivity contribution in [2.45, 2.75) is 26.8 Å². The van der Waals surface area contributed by atoms with Gasteiger partial charge in [0, 0.05) is 28.4 Å². The van der Waals surface area contributed by atoms with Crippen molar-refractivity contribution in [1.82, 2.24) is 5.32 Å². The van der Waals surface area contributed by atoms with Crippen LogP contribution in [0.4, 0.5) is 16.2 Å². The van der Waals surface area contributed by atoms with Crippen LogP contribution in [0.2, 0.25) is 0 Å². The molecule has 0 aliphatic heterocycles. The summed E-state index contributed by atoms with van der Waals surface area (Å²) >= 11 is 0. The molecule has 26 heavy (non-hydrogen) atoms. The van der Waals surface area contributed by atoms with Gasteiger partial charge in [0.1, 0.15) is 5.58 Å². The third-order valence-electron chi connectivity index (χ3n) is 3.87. The lowest BCUT2D eigenvalue weighted by atomic mass is 10.1. The van der Waals surface area contributed by atoms with E-state index in [1.807, 2.05) is 45.0 Å². The number of amides is 3. The minimum absolute atomic E-state index is 0.0561. The molecule has 6 heteroatoms. The maximum atomic E-state index is 12.5. The van der Waals surface area contributed by atoms with Gasteiger partial charge in [-0.15, -0.1) is 0 Å². The first-order chi connectivity index (χ1) is 12.4. The summed E-state index contributed by atoms with van der Waals surface area (Å²) in [4.78, 5) is 24.2. The molecule has 0 spiro atoms. The van der Waals surface area contributed by atoms with Gasteiger partial charge in [0.25, 0.3) is 5.91 Å². The molecule has 0 saturated heterocycles. The van der Waals surface area contributed by atoms with Gasteiger partial charge in [-0.25, -0.2) is 4.79 Å². The highest BCUT2D eigenvalue weighted by Crippen LogP contribution is 2.25. The highest BCUT2D eigenvalue weighted by molar-refractivity contribution is 6.06. The summed E-state index contributed by atoms with van der Waals surface area (Å²) in [6.07, 6.45) is 0. The number of carbonyl (C=O) groups excluding carboxylic acids is 2. The molecular weight excluding hydrogens is 330 g/mol. The van der Waals surface area contributed by atoms with Crippen molar-refractivity contribution in [3.05, 3.63) is 59.9 Å². The van der Waals surface area contributed by atoms with E-state index in [2.05, 4.69) is 16.0 Å². The molecule has 0 fully saturated rings.